The van der Waals surface area contributed by atoms with Crippen LogP contribution in [-0.4, -0.2) is 41.9 Å². The Bertz CT molecular complexity index is 488. The van der Waals surface area contributed by atoms with E-state index < -0.39 is 0 Å². The summed E-state index contributed by atoms with van der Waals surface area (Å²) >= 11 is 0. The van der Waals surface area contributed by atoms with Gasteiger partial charge in [0.05, 0.1) is 6.04 Å². The normalized spacial score (nSPS) is 24.3. The Hall–Kier alpha value is -1.40. The number of carbonyl (C=O) groups is 1. The zero-order valence-electron chi connectivity index (χ0n) is 13.3. The number of piperidine rings is 1. The van der Waals surface area contributed by atoms with Gasteiger partial charge in [0.15, 0.2) is 5.82 Å². The lowest BCUT2D eigenvalue weighted by atomic mass is 9.84. The average molecular weight is 305 g/mol. The van der Waals surface area contributed by atoms with E-state index in [1.807, 2.05) is 16.9 Å². The van der Waals surface area contributed by atoms with Crippen LogP contribution in [0, 0.1) is 11.8 Å². The van der Waals surface area contributed by atoms with E-state index in [-0.39, 0.29) is 5.91 Å². The second-order valence-corrected chi connectivity index (χ2v) is 6.64. The molecule has 1 amide bonds. The molecule has 2 saturated heterocycles. The lowest BCUT2D eigenvalue weighted by molar-refractivity contribution is -0.117. The van der Waals surface area contributed by atoms with Crippen molar-refractivity contribution in [3.05, 3.63) is 12.3 Å². The summed E-state index contributed by atoms with van der Waals surface area (Å²) in [6.07, 6.45) is 6.00. The Morgan fingerprint density at radius 2 is 2.14 bits per heavy atom. The molecule has 22 heavy (non-hydrogen) atoms. The van der Waals surface area contributed by atoms with Gasteiger partial charge in [-0.2, -0.15) is 5.10 Å². The van der Waals surface area contributed by atoms with E-state index in [1.54, 1.807) is 0 Å². The van der Waals surface area contributed by atoms with Gasteiger partial charge >= 0.3 is 0 Å². The first-order valence-corrected chi connectivity index (χ1v) is 8.49. The summed E-state index contributed by atoms with van der Waals surface area (Å²) in [5.41, 5.74) is 0. The molecule has 122 valence electrons. The molecule has 2 fully saturated rings. The number of nitrogens with one attached hydrogen (secondary N) is 3. The lowest BCUT2D eigenvalue weighted by Crippen LogP contribution is -2.32. The first kappa shape index (κ1) is 15.5. The lowest BCUT2D eigenvalue weighted by Gasteiger charge is -2.27. The van der Waals surface area contributed by atoms with Crippen LogP contribution in [0.3, 0.4) is 0 Å². The van der Waals surface area contributed by atoms with Crippen molar-refractivity contribution < 1.29 is 4.79 Å². The summed E-state index contributed by atoms with van der Waals surface area (Å²) in [5, 5.41) is 14.1. The number of nitrogens with zero attached hydrogens (tertiary/aromatic N) is 2. The zero-order valence-corrected chi connectivity index (χ0v) is 13.3. The Morgan fingerprint density at radius 1 is 1.36 bits per heavy atom. The number of hydrogen-bond acceptors (Lipinski definition) is 4. The highest BCUT2D eigenvalue weighted by Crippen LogP contribution is 2.24. The van der Waals surface area contributed by atoms with Crippen LogP contribution in [0.1, 0.15) is 38.6 Å². The van der Waals surface area contributed by atoms with E-state index in [2.05, 4.69) is 28.0 Å². The van der Waals surface area contributed by atoms with Crippen LogP contribution in [0.4, 0.5) is 5.82 Å². The highest BCUT2D eigenvalue weighted by molar-refractivity contribution is 5.89. The van der Waals surface area contributed by atoms with Crippen LogP contribution in [0.25, 0.3) is 0 Å². The molecule has 6 nitrogen and oxygen atoms in total. The molecule has 2 aliphatic rings. The van der Waals surface area contributed by atoms with Gasteiger partial charge < -0.3 is 16.0 Å². The largest absolute Gasteiger partial charge is 0.317 e. The molecule has 1 aromatic heterocycles. The summed E-state index contributed by atoms with van der Waals surface area (Å²) in [7, 11) is 0. The van der Waals surface area contributed by atoms with Gasteiger partial charge in [-0.3, -0.25) is 9.48 Å². The van der Waals surface area contributed by atoms with Crippen LogP contribution in [0.5, 0.6) is 0 Å². The van der Waals surface area contributed by atoms with Crippen molar-refractivity contribution in [3.8, 4) is 0 Å². The highest BCUT2D eigenvalue weighted by atomic mass is 16.1. The molecule has 2 aliphatic heterocycles. The third kappa shape index (κ3) is 3.87. The van der Waals surface area contributed by atoms with Crippen LogP contribution < -0.4 is 16.0 Å². The molecule has 0 bridgehead atoms. The van der Waals surface area contributed by atoms with E-state index in [1.165, 1.54) is 12.8 Å². The number of rotatable bonds is 5. The van der Waals surface area contributed by atoms with Gasteiger partial charge in [0.25, 0.3) is 0 Å². The van der Waals surface area contributed by atoms with E-state index >= 15 is 0 Å². The molecular formula is C16H27N5O. The van der Waals surface area contributed by atoms with Gasteiger partial charge in [-0.05, 0) is 50.7 Å². The number of amides is 1. The second kappa shape index (κ2) is 7.24. The van der Waals surface area contributed by atoms with Crippen molar-refractivity contribution >= 4 is 11.7 Å². The van der Waals surface area contributed by atoms with Gasteiger partial charge in [-0.1, -0.05) is 6.92 Å². The molecule has 3 N–H and O–H groups in total. The minimum absolute atomic E-state index is 0.0841. The van der Waals surface area contributed by atoms with Gasteiger partial charge in [-0.15, -0.1) is 0 Å². The molecule has 2 unspecified atom stereocenters. The predicted octanol–water partition coefficient (Wildman–Crippen LogP) is 1.38. The average Bonchev–Trinajstić information content (AvgIpc) is 3.19. The minimum Gasteiger partial charge on any atom is -0.317 e. The molecule has 1 aromatic rings. The Morgan fingerprint density at radius 3 is 2.86 bits per heavy atom. The van der Waals surface area contributed by atoms with E-state index in [4.69, 9.17) is 0 Å². The fourth-order valence-electron chi connectivity index (χ4n) is 3.54. The fourth-order valence-corrected chi connectivity index (χ4v) is 3.54. The first-order valence-electron chi connectivity index (χ1n) is 8.49. The van der Waals surface area contributed by atoms with E-state index in [9.17, 15) is 4.79 Å². The van der Waals surface area contributed by atoms with Gasteiger partial charge in [0.2, 0.25) is 5.91 Å². The van der Waals surface area contributed by atoms with E-state index in [0.717, 1.165) is 32.6 Å². The zero-order chi connectivity index (χ0) is 15.4. The van der Waals surface area contributed by atoms with Crippen molar-refractivity contribution in [1.82, 2.24) is 20.4 Å². The maximum Gasteiger partial charge on any atom is 0.225 e. The number of hydrogen-bond donors (Lipinski definition) is 3. The standard InChI is InChI=1S/C16H27N5O/c1-12(13-2-6-17-7-3-13)10-16(22)19-15-5-9-21(20-15)14-4-8-18-11-14/h5,9,12-14,17-18H,2-4,6-8,10-11H2,1H3,(H,19,20,22). The summed E-state index contributed by atoms with van der Waals surface area (Å²) in [6.45, 7) is 6.35. The number of anilines is 1. The topological polar surface area (TPSA) is 71.0 Å². The number of aromatic nitrogens is 2. The SMILES string of the molecule is CC(CC(=O)Nc1ccn(C2CCNC2)n1)C1CCNCC1. The molecule has 0 aromatic carbocycles. The van der Waals surface area contributed by atoms with Crippen LogP contribution in [-0.2, 0) is 4.79 Å². The van der Waals surface area contributed by atoms with Gasteiger partial charge in [-0.25, -0.2) is 0 Å². The Balaban J connectivity index is 1.48. The molecule has 3 heterocycles. The summed E-state index contributed by atoms with van der Waals surface area (Å²) in [5.74, 6) is 1.85. The monoisotopic (exact) mass is 305 g/mol. The van der Waals surface area contributed by atoms with Crippen molar-refractivity contribution in [2.24, 2.45) is 11.8 Å². The van der Waals surface area contributed by atoms with Crippen LogP contribution in [0.2, 0.25) is 0 Å². The Kier molecular flexibility index (Phi) is 5.10. The molecule has 2 atom stereocenters. The summed E-state index contributed by atoms with van der Waals surface area (Å²) < 4.78 is 1.96. The molecule has 0 saturated carbocycles. The van der Waals surface area contributed by atoms with Crippen LogP contribution >= 0.6 is 0 Å². The van der Waals surface area contributed by atoms with Crippen LogP contribution in [0.15, 0.2) is 12.3 Å². The van der Waals surface area contributed by atoms with Crippen molar-refractivity contribution in [2.45, 2.75) is 38.6 Å². The van der Waals surface area contributed by atoms with Crippen molar-refractivity contribution in [1.29, 1.82) is 0 Å². The molecule has 0 radical (unpaired) electrons. The maximum absolute atomic E-state index is 12.2. The van der Waals surface area contributed by atoms with Gasteiger partial charge in [0, 0.05) is 25.2 Å². The number of carbonyl (C=O) groups excluding carboxylic acids is 1. The quantitative estimate of drug-likeness (QED) is 0.768. The summed E-state index contributed by atoms with van der Waals surface area (Å²) in [6, 6.07) is 2.31. The Labute approximate surface area is 132 Å². The molecule has 0 aliphatic carbocycles. The predicted molar refractivity (Wildman–Crippen MR) is 86.8 cm³/mol. The third-order valence-corrected chi connectivity index (χ3v) is 4.98. The van der Waals surface area contributed by atoms with Gasteiger partial charge in [0.1, 0.15) is 0 Å². The third-order valence-electron chi connectivity index (χ3n) is 4.98. The smallest absolute Gasteiger partial charge is 0.225 e. The molecule has 3 rings (SSSR count). The second-order valence-electron chi connectivity index (χ2n) is 6.64. The minimum atomic E-state index is 0.0841. The first-order chi connectivity index (χ1) is 10.7. The van der Waals surface area contributed by atoms with Crippen molar-refractivity contribution in [2.75, 3.05) is 31.5 Å². The summed E-state index contributed by atoms with van der Waals surface area (Å²) in [4.78, 5) is 12.2. The molecule has 0 spiro atoms. The molecule has 6 heteroatoms. The molecular weight excluding hydrogens is 278 g/mol. The van der Waals surface area contributed by atoms with E-state index in [0.29, 0.717) is 30.1 Å². The van der Waals surface area contributed by atoms with Crippen molar-refractivity contribution in [3.63, 3.8) is 0 Å². The fraction of sp³-hybridized carbons (Fsp3) is 0.750. The highest BCUT2D eigenvalue weighted by Gasteiger charge is 2.22. The maximum atomic E-state index is 12.2.